The minimum atomic E-state index is -0.153. The van der Waals surface area contributed by atoms with E-state index >= 15 is 0 Å². The van der Waals surface area contributed by atoms with E-state index in [-0.39, 0.29) is 18.1 Å². The minimum absolute atomic E-state index is 0.0577. The standard InChI is InChI=1S/C15H21N5O2/c1-8-13(9(2)20(4)19-8)14-11(5-6-22-14)18-15(21)12-7-16-10(3)17-12/h7,11,14H,5-6H2,1-4H3,(H,16,17)(H,18,21)/t11-,14-/m0/s1. The zero-order valence-corrected chi connectivity index (χ0v) is 13.3. The fourth-order valence-corrected chi connectivity index (χ4v) is 3.01. The molecule has 3 heterocycles. The zero-order valence-electron chi connectivity index (χ0n) is 13.3. The summed E-state index contributed by atoms with van der Waals surface area (Å²) < 4.78 is 7.73. The number of aromatic nitrogens is 4. The molecule has 2 aromatic rings. The van der Waals surface area contributed by atoms with Crippen LogP contribution in [0.2, 0.25) is 0 Å². The van der Waals surface area contributed by atoms with E-state index in [1.165, 1.54) is 0 Å². The van der Waals surface area contributed by atoms with E-state index in [0.29, 0.717) is 12.3 Å². The Kier molecular flexibility index (Phi) is 3.74. The lowest BCUT2D eigenvalue weighted by molar-refractivity contribution is 0.0814. The highest BCUT2D eigenvalue weighted by atomic mass is 16.5. The molecule has 0 saturated carbocycles. The molecule has 0 bridgehead atoms. The number of nitrogens with one attached hydrogen (secondary N) is 2. The van der Waals surface area contributed by atoms with E-state index in [4.69, 9.17) is 4.74 Å². The van der Waals surface area contributed by atoms with E-state index < -0.39 is 0 Å². The lowest BCUT2D eigenvalue weighted by atomic mass is 10.00. The van der Waals surface area contributed by atoms with Crippen LogP contribution in [0.25, 0.3) is 0 Å². The summed E-state index contributed by atoms with van der Waals surface area (Å²) in [4.78, 5) is 19.3. The molecule has 7 heteroatoms. The van der Waals surface area contributed by atoms with Gasteiger partial charge in [-0.3, -0.25) is 9.48 Å². The lowest BCUT2D eigenvalue weighted by Gasteiger charge is -2.20. The molecule has 0 aromatic carbocycles. The van der Waals surface area contributed by atoms with Crippen molar-refractivity contribution in [1.29, 1.82) is 0 Å². The summed E-state index contributed by atoms with van der Waals surface area (Å²) in [6, 6.07) is -0.0577. The first-order valence-corrected chi connectivity index (χ1v) is 7.41. The van der Waals surface area contributed by atoms with E-state index in [0.717, 1.165) is 29.2 Å². The minimum Gasteiger partial charge on any atom is -0.371 e. The largest absolute Gasteiger partial charge is 0.371 e. The van der Waals surface area contributed by atoms with Gasteiger partial charge in [-0.15, -0.1) is 0 Å². The summed E-state index contributed by atoms with van der Waals surface area (Å²) in [6.07, 6.45) is 2.19. The molecule has 1 fully saturated rings. The predicted octanol–water partition coefficient (Wildman–Crippen LogP) is 1.33. The van der Waals surface area contributed by atoms with Crippen molar-refractivity contribution in [1.82, 2.24) is 25.1 Å². The Balaban J connectivity index is 1.80. The van der Waals surface area contributed by atoms with Crippen LogP contribution >= 0.6 is 0 Å². The van der Waals surface area contributed by atoms with Crippen LogP contribution in [0.5, 0.6) is 0 Å². The molecular weight excluding hydrogens is 282 g/mol. The van der Waals surface area contributed by atoms with Gasteiger partial charge in [0.1, 0.15) is 17.6 Å². The molecular formula is C15H21N5O2. The first-order chi connectivity index (χ1) is 10.5. The number of aryl methyl sites for hydroxylation is 3. The monoisotopic (exact) mass is 303 g/mol. The fraction of sp³-hybridized carbons (Fsp3) is 0.533. The highest BCUT2D eigenvalue weighted by Gasteiger charge is 2.34. The highest BCUT2D eigenvalue weighted by molar-refractivity contribution is 5.92. The number of hydrogen-bond donors (Lipinski definition) is 2. The van der Waals surface area contributed by atoms with E-state index in [2.05, 4.69) is 20.4 Å². The Labute approximate surface area is 129 Å². The summed E-state index contributed by atoms with van der Waals surface area (Å²) >= 11 is 0. The second kappa shape index (κ2) is 5.57. The molecule has 2 aromatic heterocycles. The Morgan fingerprint density at radius 1 is 1.45 bits per heavy atom. The van der Waals surface area contributed by atoms with E-state index in [1.54, 1.807) is 6.20 Å². The average Bonchev–Trinajstić information content (AvgIpc) is 3.13. The number of hydrogen-bond acceptors (Lipinski definition) is 4. The average molecular weight is 303 g/mol. The molecule has 3 rings (SSSR count). The van der Waals surface area contributed by atoms with Crippen molar-refractivity contribution in [3.8, 4) is 0 Å². The number of amides is 1. The Morgan fingerprint density at radius 2 is 2.23 bits per heavy atom. The van der Waals surface area contributed by atoms with Crippen LogP contribution in [0.15, 0.2) is 6.20 Å². The number of imidazole rings is 1. The van der Waals surface area contributed by atoms with Crippen LogP contribution in [-0.2, 0) is 11.8 Å². The van der Waals surface area contributed by atoms with Crippen LogP contribution in [0.1, 0.15) is 45.8 Å². The third-order valence-electron chi connectivity index (χ3n) is 4.21. The van der Waals surface area contributed by atoms with Crippen LogP contribution in [0.3, 0.4) is 0 Å². The fourth-order valence-electron chi connectivity index (χ4n) is 3.01. The number of nitrogens with zero attached hydrogens (tertiary/aromatic N) is 3. The van der Waals surface area contributed by atoms with Gasteiger partial charge in [0, 0.05) is 24.9 Å². The van der Waals surface area contributed by atoms with Crippen molar-refractivity contribution < 1.29 is 9.53 Å². The number of aromatic amines is 1. The smallest absolute Gasteiger partial charge is 0.269 e. The van der Waals surface area contributed by atoms with Crippen molar-refractivity contribution in [2.75, 3.05) is 6.61 Å². The maximum Gasteiger partial charge on any atom is 0.269 e. The topological polar surface area (TPSA) is 84.8 Å². The van der Waals surface area contributed by atoms with Gasteiger partial charge in [0.05, 0.1) is 17.9 Å². The van der Waals surface area contributed by atoms with Crippen LogP contribution < -0.4 is 5.32 Å². The molecule has 0 radical (unpaired) electrons. The van der Waals surface area contributed by atoms with Gasteiger partial charge in [-0.2, -0.15) is 5.10 Å². The van der Waals surface area contributed by atoms with Gasteiger partial charge in [0.25, 0.3) is 5.91 Å². The third kappa shape index (κ3) is 2.52. The first-order valence-electron chi connectivity index (χ1n) is 7.41. The molecule has 0 spiro atoms. The van der Waals surface area contributed by atoms with Crippen molar-refractivity contribution in [2.45, 2.75) is 39.3 Å². The molecule has 1 aliphatic rings. The second-order valence-electron chi connectivity index (χ2n) is 5.75. The van der Waals surface area contributed by atoms with Crippen molar-refractivity contribution in [2.24, 2.45) is 7.05 Å². The van der Waals surface area contributed by atoms with Gasteiger partial charge < -0.3 is 15.0 Å². The number of H-pyrrole nitrogens is 1. The normalized spacial score (nSPS) is 21.3. The third-order valence-corrected chi connectivity index (χ3v) is 4.21. The summed E-state index contributed by atoms with van der Waals surface area (Å²) in [7, 11) is 1.92. The Morgan fingerprint density at radius 3 is 2.82 bits per heavy atom. The van der Waals surface area contributed by atoms with E-state index in [9.17, 15) is 4.79 Å². The first kappa shape index (κ1) is 14.8. The van der Waals surface area contributed by atoms with Gasteiger partial charge >= 0.3 is 0 Å². The van der Waals surface area contributed by atoms with Crippen molar-refractivity contribution in [3.63, 3.8) is 0 Å². The van der Waals surface area contributed by atoms with Crippen molar-refractivity contribution in [3.05, 3.63) is 34.7 Å². The Hall–Kier alpha value is -2.15. The molecule has 0 unspecified atom stereocenters. The molecule has 2 atom stereocenters. The van der Waals surface area contributed by atoms with Crippen molar-refractivity contribution >= 4 is 5.91 Å². The van der Waals surface area contributed by atoms with Gasteiger partial charge in [-0.1, -0.05) is 0 Å². The maximum absolute atomic E-state index is 12.3. The van der Waals surface area contributed by atoms with Crippen LogP contribution in [-0.4, -0.2) is 38.3 Å². The molecule has 7 nitrogen and oxygen atoms in total. The summed E-state index contributed by atoms with van der Waals surface area (Å²) in [5, 5.41) is 7.49. The molecule has 1 saturated heterocycles. The molecule has 1 aliphatic heterocycles. The number of carbonyl (C=O) groups excluding carboxylic acids is 1. The quantitative estimate of drug-likeness (QED) is 0.896. The van der Waals surface area contributed by atoms with Gasteiger partial charge in [0.2, 0.25) is 0 Å². The van der Waals surface area contributed by atoms with E-state index in [1.807, 2.05) is 32.5 Å². The van der Waals surface area contributed by atoms with Crippen LogP contribution in [0, 0.1) is 20.8 Å². The van der Waals surface area contributed by atoms with Crippen LogP contribution in [0.4, 0.5) is 0 Å². The summed E-state index contributed by atoms with van der Waals surface area (Å²) in [5.41, 5.74) is 3.57. The van der Waals surface area contributed by atoms with Gasteiger partial charge in [-0.25, -0.2) is 4.98 Å². The summed E-state index contributed by atoms with van der Waals surface area (Å²) in [5.74, 6) is 0.573. The molecule has 2 N–H and O–H groups in total. The zero-order chi connectivity index (χ0) is 15.9. The van der Waals surface area contributed by atoms with Gasteiger partial charge in [0.15, 0.2) is 0 Å². The predicted molar refractivity (Wildman–Crippen MR) is 80.6 cm³/mol. The molecule has 118 valence electrons. The van der Waals surface area contributed by atoms with Gasteiger partial charge in [-0.05, 0) is 27.2 Å². The highest BCUT2D eigenvalue weighted by Crippen LogP contribution is 2.33. The molecule has 1 amide bonds. The molecule has 0 aliphatic carbocycles. The number of rotatable bonds is 3. The number of ether oxygens (including phenoxy) is 1. The summed E-state index contributed by atoms with van der Waals surface area (Å²) in [6.45, 7) is 6.45. The lowest BCUT2D eigenvalue weighted by Crippen LogP contribution is -2.37. The number of carbonyl (C=O) groups is 1. The second-order valence-corrected chi connectivity index (χ2v) is 5.75. The Bertz CT molecular complexity index is 703. The maximum atomic E-state index is 12.3. The SMILES string of the molecule is Cc1ncc(C(=O)N[C@H]2CCO[C@@H]2c2c(C)nn(C)c2C)[nH]1. The molecule has 22 heavy (non-hydrogen) atoms.